The molecule has 2 aromatic heterocycles. The molecular formula is C14H15N3O2S. The van der Waals surface area contributed by atoms with Crippen LogP contribution in [0.25, 0.3) is 0 Å². The third-order valence-electron chi connectivity index (χ3n) is 2.74. The number of pyridine rings is 1. The Morgan fingerprint density at radius 2 is 2.10 bits per heavy atom. The van der Waals surface area contributed by atoms with Gasteiger partial charge in [-0.1, -0.05) is 12.1 Å². The van der Waals surface area contributed by atoms with E-state index in [0.717, 1.165) is 5.56 Å². The van der Waals surface area contributed by atoms with Crippen LogP contribution in [0.4, 0.5) is 5.82 Å². The molecule has 2 aromatic rings. The molecule has 0 saturated carbocycles. The minimum Gasteiger partial charge on any atom is -0.340 e. The molecule has 0 aromatic carbocycles. The summed E-state index contributed by atoms with van der Waals surface area (Å²) in [6, 6.07) is 6.53. The second-order valence-electron chi connectivity index (χ2n) is 4.33. The van der Waals surface area contributed by atoms with Gasteiger partial charge in [0.2, 0.25) is 5.91 Å². The van der Waals surface area contributed by atoms with E-state index in [1.54, 1.807) is 31.3 Å². The monoisotopic (exact) mass is 289 g/mol. The Bertz CT molecular complexity index is 611. The van der Waals surface area contributed by atoms with Crippen molar-refractivity contribution in [3.05, 3.63) is 46.3 Å². The van der Waals surface area contributed by atoms with E-state index in [4.69, 9.17) is 0 Å². The van der Waals surface area contributed by atoms with Gasteiger partial charge in [0.1, 0.15) is 11.9 Å². The zero-order valence-corrected chi connectivity index (χ0v) is 12.0. The Hall–Kier alpha value is -2.21. The summed E-state index contributed by atoms with van der Waals surface area (Å²) >= 11 is 1.34. The van der Waals surface area contributed by atoms with Gasteiger partial charge in [-0.25, -0.2) is 4.98 Å². The molecular weight excluding hydrogens is 274 g/mol. The van der Waals surface area contributed by atoms with Gasteiger partial charge in [-0.3, -0.25) is 9.59 Å². The Labute approximate surface area is 121 Å². The van der Waals surface area contributed by atoms with Gasteiger partial charge in [-0.05, 0) is 36.9 Å². The van der Waals surface area contributed by atoms with Gasteiger partial charge in [0.25, 0.3) is 5.91 Å². The summed E-state index contributed by atoms with van der Waals surface area (Å²) in [5.41, 5.74) is 0.873. The number of anilines is 1. The van der Waals surface area contributed by atoms with Crippen molar-refractivity contribution in [3.8, 4) is 0 Å². The van der Waals surface area contributed by atoms with Crippen molar-refractivity contribution in [1.82, 2.24) is 10.3 Å². The number of carbonyl (C=O) groups is 2. The largest absolute Gasteiger partial charge is 0.340 e. The number of nitrogens with one attached hydrogen (secondary N) is 2. The first-order chi connectivity index (χ1) is 9.58. The number of carbonyl (C=O) groups excluding carboxylic acids is 2. The van der Waals surface area contributed by atoms with E-state index in [9.17, 15) is 9.59 Å². The van der Waals surface area contributed by atoms with Crippen molar-refractivity contribution in [2.75, 3.05) is 5.32 Å². The van der Waals surface area contributed by atoms with Crippen molar-refractivity contribution < 1.29 is 9.59 Å². The van der Waals surface area contributed by atoms with Crippen molar-refractivity contribution >= 4 is 29.0 Å². The molecule has 5 nitrogen and oxygen atoms in total. The number of hydrogen-bond acceptors (Lipinski definition) is 4. The quantitative estimate of drug-likeness (QED) is 0.906. The highest BCUT2D eigenvalue weighted by molar-refractivity contribution is 7.12. The molecule has 0 aliphatic rings. The topological polar surface area (TPSA) is 71.1 Å². The van der Waals surface area contributed by atoms with Crippen LogP contribution in [0.3, 0.4) is 0 Å². The number of aryl methyl sites for hydroxylation is 1. The SMILES string of the molecule is Cc1cccnc1NC(=O)C(C)NC(=O)c1cccs1. The van der Waals surface area contributed by atoms with Gasteiger partial charge in [-0.15, -0.1) is 11.3 Å². The van der Waals surface area contributed by atoms with Crippen LogP contribution in [0.1, 0.15) is 22.2 Å². The minimum absolute atomic E-state index is 0.250. The molecule has 6 heteroatoms. The Morgan fingerprint density at radius 1 is 1.30 bits per heavy atom. The molecule has 0 spiro atoms. The lowest BCUT2D eigenvalue weighted by Gasteiger charge is -2.14. The van der Waals surface area contributed by atoms with Crippen LogP contribution < -0.4 is 10.6 Å². The lowest BCUT2D eigenvalue weighted by Crippen LogP contribution is -2.41. The summed E-state index contributed by atoms with van der Waals surface area (Å²) in [7, 11) is 0. The average molecular weight is 289 g/mol. The lowest BCUT2D eigenvalue weighted by atomic mass is 10.2. The molecule has 2 heterocycles. The first kappa shape index (κ1) is 14.2. The number of hydrogen-bond donors (Lipinski definition) is 2. The van der Waals surface area contributed by atoms with Gasteiger partial charge < -0.3 is 10.6 Å². The van der Waals surface area contributed by atoms with Gasteiger partial charge in [0.15, 0.2) is 0 Å². The highest BCUT2D eigenvalue weighted by Crippen LogP contribution is 2.10. The predicted octanol–water partition coefficient (Wildman–Crippen LogP) is 2.21. The molecule has 0 bridgehead atoms. The van der Waals surface area contributed by atoms with E-state index in [1.165, 1.54) is 11.3 Å². The van der Waals surface area contributed by atoms with Crippen LogP contribution in [0.5, 0.6) is 0 Å². The van der Waals surface area contributed by atoms with Crippen LogP contribution in [0.15, 0.2) is 35.8 Å². The van der Waals surface area contributed by atoms with E-state index in [-0.39, 0.29) is 11.8 Å². The maximum Gasteiger partial charge on any atom is 0.261 e. The van der Waals surface area contributed by atoms with E-state index < -0.39 is 6.04 Å². The first-order valence-corrected chi connectivity index (χ1v) is 7.02. The maximum absolute atomic E-state index is 12.0. The van der Waals surface area contributed by atoms with Crippen LogP contribution in [0, 0.1) is 6.92 Å². The Morgan fingerprint density at radius 3 is 2.75 bits per heavy atom. The third kappa shape index (κ3) is 3.42. The summed E-state index contributed by atoms with van der Waals surface area (Å²) < 4.78 is 0. The summed E-state index contributed by atoms with van der Waals surface area (Å²) in [5.74, 6) is -0.0354. The molecule has 0 radical (unpaired) electrons. The Balaban J connectivity index is 1.96. The molecule has 2 rings (SSSR count). The zero-order chi connectivity index (χ0) is 14.5. The van der Waals surface area contributed by atoms with E-state index in [1.807, 2.05) is 18.4 Å². The third-order valence-corrected chi connectivity index (χ3v) is 3.61. The highest BCUT2D eigenvalue weighted by atomic mass is 32.1. The molecule has 1 unspecified atom stereocenters. The molecule has 0 aliphatic carbocycles. The standard InChI is InChI=1S/C14H15N3O2S/c1-9-5-3-7-15-12(9)17-13(18)10(2)16-14(19)11-6-4-8-20-11/h3-8,10H,1-2H3,(H,16,19)(H,15,17,18). The molecule has 2 amide bonds. The Kier molecular flexibility index (Phi) is 4.47. The highest BCUT2D eigenvalue weighted by Gasteiger charge is 2.18. The molecule has 0 aliphatic heterocycles. The number of aromatic nitrogens is 1. The van der Waals surface area contributed by atoms with Gasteiger partial charge in [-0.2, -0.15) is 0 Å². The normalized spacial score (nSPS) is 11.7. The van der Waals surface area contributed by atoms with Crippen LogP contribution in [0.2, 0.25) is 0 Å². The van der Waals surface area contributed by atoms with Crippen molar-refractivity contribution in [2.24, 2.45) is 0 Å². The number of rotatable bonds is 4. The lowest BCUT2D eigenvalue weighted by molar-refractivity contribution is -0.117. The first-order valence-electron chi connectivity index (χ1n) is 6.15. The van der Waals surface area contributed by atoms with E-state index in [2.05, 4.69) is 15.6 Å². The smallest absolute Gasteiger partial charge is 0.261 e. The second kappa shape index (κ2) is 6.29. The molecule has 2 N–H and O–H groups in total. The molecule has 0 saturated heterocycles. The van der Waals surface area contributed by atoms with E-state index in [0.29, 0.717) is 10.7 Å². The van der Waals surface area contributed by atoms with Crippen molar-refractivity contribution in [2.45, 2.75) is 19.9 Å². The van der Waals surface area contributed by atoms with Gasteiger partial charge >= 0.3 is 0 Å². The summed E-state index contributed by atoms with van der Waals surface area (Å²) in [6.45, 7) is 3.50. The number of nitrogens with zero attached hydrogens (tertiary/aromatic N) is 1. The zero-order valence-electron chi connectivity index (χ0n) is 11.2. The predicted molar refractivity (Wildman–Crippen MR) is 78.9 cm³/mol. The second-order valence-corrected chi connectivity index (χ2v) is 5.28. The summed E-state index contributed by atoms with van der Waals surface area (Å²) in [5, 5.41) is 7.17. The summed E-state index contributed by atoms with van der Waals surface area (Å²) in [6.07, 6.45) is 1.61. The number of amides is 2. The molecule has 20 heavy (non-hydrogen) atoms. The van der Waals surface area contributed by atoms with Crippen LogP contribution in [-0.4, -0.2) is 22.8 Å². The van der Waals surface area contributed by atoms with E-state index >= 15 is 0 Å². The van der Waals surface area contributed by atoms with Crippen LogP contribution >= 0.6 is 11.3 Å². The molecule has 0 fully saturated rings. The van der Waals surface area contributed by atoms with Gasteiger partial charge in [0, 0.05) is 6.20 Å². The summed E-state index contributed by atoms with van der Waals surface area (Å²) in [4.78, 5) is 28.5. The maximum atomic E-state index is 12.0. The fourth-order valence-electron chi connectivity index (χ4n) is 1.58. The average Bonchev–Trinajstić information content (AvgIpc) is 2.95. The van der Waals surface area contributed by atoms with Gasteiger partial charge in [0.05, 0.1) is 4.88 Å². The minimum atomic E-state index is -0.633. The number of thiophene rings is 1. The fourth-order valence-corrected chi connectivity index (χ4v) is 2.21. The van der Waals surface area contributed by atoms with Crippen molar-refractivity contribution in [1.29, 1.82) is 0 Å². The molecule has 1 atom stereocenters. The molecule has 104 valence electrons. The fraction of sp³-hybridized carbons (Fsp3) is 0.214. The van der Waals surface area contributed by atoms with Crippen molar-refractivity contribution in [3.63, 3.8) is 0 Å². The van der Waals surface area contributed by atoms with Crippen LogP contribution in [-0.2, 0) is 4.79 Å².